The maximum absolute atomic E-state index is 9.60. The van der Waals surface area contributed by atoms with Gasteiger partial charge >= 0.3 is 8.82 Å². The van der Waals surface area contributed by atoms with Crippen LogP contribution in [0.25, 0.3) is 0 Å². The summed E-state index contributed by atoms with van der Waals surface area (Å²) in [5, 5.41) is 7.91. The molecule has 0 unspecified atom stereocenters. The minimum atomic E-state index is -0.711. The molecule has 44 valence electrons. The topological polar surface area (TPSA) is 37.3 Å². The Labute approximate surface area is 53.0 Å². The largest absolute Gasteiger partial charge is 2.00 e. The molecule has 0 radical (unpaired) electrons. The van der Waals surface area contributed by atoms with Gasteiger partial charge in [-0.3, -0.25) is 4.79 Å². The summed E-state index contributed by atoms with van der Waals surface area (Å²) in [5.41, 5.74) is 0. The molecule has 0 aromatic carbocycles. The molecule has 0 amide bonds. The summed E-state index contributed by atoms with van der Waals surface area (Å²) < 4.78 is 0. The maximum atomic E-state index is 9.60. The molecule has 0 aromatic rings. The van der Waals surface area contributed by atoms with E-state index in [4.69, 9.17) is 5.11 Å². The van der Waals surface area contributed by atoms with E-state index in [2.05, 4.69) is 0 Å². The van der Waals surface area contributed by atoms with Gasteiger partial charge in [0.25, 0.3) is 0 Å². The van der Waals surface area contributed by atoms with Crippen molar-refractivity contribution in [3.05, 3.63) is 0 Å². The molecule has 0 aliphatic heterocycles. The van der Waals surface area contributed by atoms with Crippen LogP contribution in [0.3, 0.4) is 0 Å². The van der Waals surface area contributed by atoms with Crippen LogP contribution in [0, 0.1) is 0 Å². The van der Waals surface area contributed by atoms with Crippen LogP contribution in [-0.2, 0) is 18.3 Å². The van der Waals surface area contributed by atoms with Crippen molar-refractivity contribution in [3.63, 3.8) is 0 Å². The van der Waals surface area contributed by atoms with Crippen LogP contribution in [0.5, 0.6) is 0 Å². The Kier molecular flexibility index (Phi) is 8.27. The second-order valence-corrected chi connectivity index (χ2v) is 1.14. The SMILES string of the molecule is CCCC(=O)O.[H+].[H+].[S-2]. The highest BCUT2D eigenvalue weighted by Gasteiger charge is 1.87. The fraction of sp³-hybridized carbons (Fsp3) is 0.750. The monoisotopic (exact) mass is 122 g/mol. The molecule has 0 saturated heterocycles. The van der Waals surface area contributed by atoms with Gasteiger partial charge in [0.1, 0.15) is 0 Å². The van der Waals surface area contributed by atoms with Crippen molar-refractivity contribution in [2.75, 3.05) is 0 Å². The number of rotatable bonds is 2. The van der Waals surface area contributed by atoms with Gasteiger partial charge in [0.15, 0.2) is 0 Å². The van der Waals surface area contributed by atoms with Crippen molar-refractivity contribution in [2.24, 2.45) is 0 Å². The van der Waals surface area contributed by atoms with Gasteiger partial charge in [-0.1, -0.05) is 6.92 Å². The molecule has 7 heavy (non-hydrogen) atoms. The molecule has 0 heterocycles. The molecule has 0 bridgehead atoms. The normalized spacial score (nSPS) is 7.00. The van der Waals surface area contributed by atoms with Gasteiger partial charge in [-0.05, 0) is 6.42 Å². The molecule has 2 nitrogen and oxygen atoms in total. The molecule has 0 fully saturated rings. The van der Waals surface area contributed by atoms with Crippen molar-refractivity contribution < 1.29 is 12.8 Å². The van der Waals surface area contributed by atoms with Crippen LogP contribution >= 0.6 is 0 Å². The highest BCUT2D eigenvalue weighted by atomic mass is 32.1. The molecule has 3 heteroatoms. The number of carbonyl (C=O) groups is 1. The lowest BCUT2D eigenvalue weighted by Gasteiger charge is -2.00. The second-order valence-electron chi connectivity index (χ2n) is 1.14. The molecule has 0 rings (SSSR count). The summed E-state index contributed by atoms with van der Waals surface area (Å²) in [6.45, 7) is 1.84. The smallest absolute Gasteiger partial charge is 1.00 e. The van der Waals surface area contributed by atoms with Gasteiger partial charge in [-0.15, -0.1) is 0 Å². The third-order valence-electron chi connectivity index (χ3n) is 0.464. The fourth-order valence-electron chi connectivity index (χ4n) is 0.214. The molecule has 1 N–H and O–H groups in total. The first-order chi connectivity index (χ1) is 2.77. The van der Waals surface area contributed by atoms with E-state index in [1.807, 2.05) is 6.92 Å². The summed E-state index contributed by atoms with van der Waals surface area (Å²) in [5.74, 6) is -0.711. The predicted molar refractivity (Wildman–Crippen MR) is 32.1 cm³/mol. The highest BCUT2D eigenvalue weighted by Crippen LogP contribution is 1.82. The van der Waals surface area contributed by atoms with E-state index < -0.39 is 5.97 Å². The Morgan fingerprint density at radius 3 is 2.29 bits per heavy atom. The molecule has 0 aliphatic rings. The Morgan fingerprint density at radius 1 is 1.86 bits per heavy atom. The van der Waals surface area contributed by atoms with Crippen molar-refractivity contribution in [3.8, 4) is 0 Å². The van der Waals surface area contributed by atoms with E-state index in [-0.39, 0.29) is 16.3 Å². The van der Waals surface area contributed by atoms with E-state index in [0.29, 0.717) is 6.42 Å². The minimum Gasteiger partial charge on any atom is -2.00 e. The zero-order valence-corrected chi connectivity index (χ0v) is 4.99. The molecule has 0 saturated carbocycles. The first-order valence-corrected chi connectivity index (χ1v) is 1.99. The quantitative estimate of drug-likeness (QED) is 0.595. The number of hydrogen-bond donors (Lipinski definition) is 1. The molecular formula is C4H10O2S. The average Bonchev–Trinajstić information content (AvgIpc) is 1.35. The summed E-state index contributed by atoms with van der Waals surface area (Å²) >= 11 is 0. The molecule has 0 atom stereocenters. The van der Waals surface area contributed by atoms with E-state index >= 15 is 0 Å². The standard InChI is InChI=1S/C4H8O2.S/c1-2-3-4(5)6;/h2-3H2,1H3,(H,5,6);/q;-2/p+2. The first-order valence-electron chi connectivity index (χ1n) is 1.99. The van der Waals surface area contributed by atoms with E-state index in [1.165, 1.54) is 0 Å². The molecule has 0 spiro atoms. The fourth-order valence-corrected chi connectivity index (χ4v) is 0.214. The lowest BCUT2D eigenvalue weighted by molar-refractivity contribution is -0.137. The molecular weight excluding hydrogens is 112 g/mol. The van der Waals surface area contributed by atoms with Gasteiger partial charge in [0.2, 0.25) is 0 Å². The highest BCUT2D eigenvalue weighted by molar-refractivity contribution is 7.37. The van der Waals surface area contributed by atoms with Gasteiger partial charge in [-0.25, -0.2) is 0 Å². The van der Waals surface area contributed by atoms with Gasteiger partial charge in [-0.2, -0.15) is 0 Å². The second kappa shape index (κ2) is 5.82. The predicted octanol–water partition coefficient (Wildman–Crippen LogP) is 1.09. The minimum absolute atomic E-state index is 0. The summed E-state index contributed by atoms with van der Waals surface area (Å²) in [6, 6.07) is 0. The van der Waals surface area contributed by atoms with Gasteiger partial charge in [0.05, 0.1) is 0 Å². The number of carboxylic acids is 1. The van der Waals surface area contributed by atoms with Crippen molar-refractivity contribution in [1.82, 2.24) is 0 Å². The van der Waals surface area contributed by atoms with Crippen LogP contribution in [0.1, 0.15) is 22.6 Å². The number of aliphatic carboxylic acids is 1. The Bertz CT molecular complexity index is 60.5. The van der Waals surface area contributed by atoms with Crippen LogP contribution in [0.2, 0.25) is 0 Å². The van der Waals surface area contributed by atoms with Crippen molar-refractivity contribution >= 4 is 19.5 Å². The molecule has 0 aromatic heterocycles. The van der Waals surface area contributed by atoms with E-state index in [9.17, 15) is 4.79 Å². The zero-order valence-electron chi connectivity index (χ0n) is 6.18. The summed E-state index contributed by atoms with van der Waals surface area (Å²) in [6.07, 6.45) is 1.02. The lowest BCUT2D eigenvalue weighted by Crippen LogP contribution is -1.90. The van der Waals surface area contributed by atoms with Crippen LogP contribution in [-0.4, -0.2) is 11.1 Å². The first kappa shape index (κ1) is 9.94. The maximum Gasteiger partial charge on any atom is 1.00 e. The Morgan fingerprint density at radius 2 is 2.29 bits per heavy atom. The van der Waals surface area contributed by atoms with E-state index in [0.717, 1.165) is 6.42 Å². The third kappa shape index (κ3) is 10.7. The van der Waals surface area contributed by atoms with Gasteiger partial charge < -0.3 is 18.6 Å². The number of hydrogen-bond acceptors (Lipinski definition) is 1. The van der Waals surface area contributed by atoms with Crippen LogP contribution in [0.15, 0.2) is 0 Å². The van der Waals surface area contributed by atoms with Crippen LogP contribution < -0.4 is 0 Å². The lowest BCUT2D eigenvalue weighted by atomic mass is 10.4. The molecule has 0 aliphatic carbocycles. The Balaban J connectivity index is -0.0000000417. The average molecular weight is 122 g/mol. The van der Waals surface area contributed by atoms with Crippen LogP contribution in [0.4, 0.5) is 0 Å². The summed E-state index contributed by atoms with van der Waals surface area (Å²) in [7, 11) is 0. The Hall–Kier alpha value is -0.180. The third-order valence-corrected chi connectivity index (χ3v) is 0.464. The number of carboxylic acid groups (broad SMARTS) is 1. The summed E-state index contributed by atoms with van der Waals surface area (Å²) in [4.78, 5) is 9.60. The van der Waals surface area contributed by atoms with Crippen molar-refractivity contribution in [1.29, 1.82) is 0 Å². The van der Waals surface area contributed by atoms with Gasteiger partial charge in [0, 0.05) is 6.42 Å². The zero-order chi connectivity index (χ0) is 4.99. The van der Waals surface area contributed by atoms with E-state index in [1.54, 1.807) is 0 Å². The van der Waals surface area contributed by atoms with Crippen molar-refractivity contribution in [2.45, 2.75) is 19.8 Å².